The minimum atomic E-state index is -0.419. The quantitative estimate of drug-likeness (QED) is 0.452. The van der Waals surface area contributed by atoms with Crippen molar-refractivity contribution < 1.29 is 4.92 Å². The number of imidazole rings is 1. The van der Waals surface area contributed by atoms with Gasteiger partial charge >= 0.3 is 98.1 Å². The summed E-state index contributed by atoms with van der Waals surface area (Å²) in [5, 5.41) is 10.6. The summed E-state index contributed by atoms with van der Waals surface area (Å²) in [6.45, 7) is 0. The Morgan fingerprint density at radius 1 is 1.38 bits per heavy atom. The molecule has 6 heteroatoms. The molecule has 0 unspecified atom stereocenters. The van der Waals surface area contributed by atoms with Gasteiger partial charge in [-0.25, -0.2) is 0 Å². The van der Waals surface area contributed by atoms with Crippen LogP contribution in [0, 0.1) is 10.1 Å². The van der Waals surface area contributed by atoms with Gasteiger partial charge in [0, 0.05) is 0 Å². The molecule has 16 heavy (non-hydrogen) atoms. The molecule has 1 aromatic heterocycles. The van der Waals surface area contributed by atoms with Gasteiger partial charge in [0.15, 0.2) is 0 Å². The van der Waals surface area contributed by atoms with Crippen LogP contribution in [0.2, 0.25) is 0 Å². The molecule has 2 aromatic rings. The number of nitrogens with zero attached hydrogens (tertiary/aromatic N) is 3. The van der Waals surface area contributed by atoms with Crippen molar-refractivity contribution in [3.05, 3.63) is 46.6 Å². The van der Waals surface area contributed by atoms with E-state index in [1.165, 1.54) is 10.8 Å². The maximum atomic E-state index is 10.6. The fourth-order valence-corrected chi connectivity index (χ4v) is 3.00. The molecule has 0 bridgehead atoms. The third-order valence-corrected chi connectivity index (χ3v) is 4.30. The molecule has 5 nitrogen and oxygen atoms in total. The van der Waals surface area contributed by atoms with E-state index >= 15 is 0 Å². The van der Waals surface area contributed by atoms with Crippen LogP contribution in [0.4, 0.5) is 5.82 Å². The minimum absolute atomic E-state index is 0.00424. The van der Waals surface area contributed by atoms with Crippen LogP contribution in [0.3, 0.4) is 0 Å². The molecule has 82 valence electrons. The number of benzene rings is 1. The Hall–Kier alpha value is -1.65. The van der Waals surface area contributed by atoms with E-state index < -0.39 is 4.92 Å². The second-order valence-electron chi connectivity index (χ2n) is 3.13. The van der Waals surface area contributed by atoms with E-state index in [-0.39, 0.29) is 20.8 Å². The molecule has 0 saturated carbocycles. The predicted octanol–water partition coefficient (Wildman–Crippen LogP) is -0.0167. The monoisotopic (exact) mass is 283 g/mol. The molecule has 0 aliphatic rings. The summed E-state index contributed by atoms with van der Waals surface area (Å²) in [6.07, 6.45) is 1.31. The van der Waals surface area contributed by atoms with Crippen LogP contribution in [-0.2, 0) is 7.05 Å². The standard InChI is InChI=1S/C10H9N3O2Se/c1-12-9(13(14)15)7-11-10(12)16-8-5-3-2-4-6-8/h2-7H,1H3. The summed E-state index contributed by atoms with van der Waals surface area (Å²) >= 11 is 0.00424. The zero-order valence-corrected chi connectivity index (χ0v) is 10.2. The number of hydrogen-bond acceptors (Lipinski definition) is 3. The van der Waals surface area contributed by atoms with Crippen molar-refractivity contribution in [2.45, 2.75) is 0 Å². The van der Waals surface area contributed by atoms with Crippen LogP contribution >= 0.6 is 0 Å². The molecule has 0 fully saturated rings. The Bertz CT molecular complexity index is 510. The van der Waals surface area contributed by atoms with Crippen LogP contribution < -0.4 is 9.18 Å². The van der Waals surface area contributed by atoms with E-state index in [9.17, 15) is 10.1 Å². The van der Waals surface area contributed by atoms with Crippen molar-refractivity contribution in [3.8, 4) is 0 Å². The first kappa shape index (κ1) is 10.9. The van der Waals surface area contributed by atoms with E-state index in [0.717, 1.165) is 9.18 Å². The third kappa shape index (κ3) is 2.13. The van der Waals surface area contributed by atoms with E-state index in [0.29, 0.717) is 0 Å². The zero-order chi connectivity index (χ0) is 11.5. The van der Waals surface area contributed by atoms with Gasteiger partial charge in [0.25, 0.3) is 0 Å². The average Bonchev–Trinajstić information content (AvgIpc) is 2.62. The topological polar surface area (TPSA) is 61.0 Å². The molecular formula is C10H9N3O2Se. The van der Waals surface area contributed by atoms with Gasteiger partial charge in [-0.1, -0.05) is 0 Å². The van der Waals surface area contributed by atoms with Gasteiger partial charge in [-0.15, -0.1) is 0 Å². The second-order valence-corrected chi connectivity index (χ2v) is 5.31. The van der Waals surface area contributed by atoms with E-state index in [1.807, 2.05) is 30.3 Å². The zero-order valence-electron chi connectivity index (χ0n) is 8.53. The summed E-state index contributed by atoms with van der Waals surface area (Å²) in [5.74, 6) is 0.0350. The van der Waals surface area contributed by atoms with Gasteiger partial charge in [-0.3, -0.25) is 0 Å². The third-order valence-electron chi connectivity index (χ3n) is 2.06. The van der Waals surface area contributed by atoms with Gasteiger partial charge < -0.3 is 0 Å². The van der Waals surface area contributed by atoms with Gasteiger partial charge in [-0.05, 0) is 0 Å². The first-order valence-corrected chi connectivity index (χ1v) is 6.29. The molecule has 0 amide bonds. The van der Waals surface area contributed by atoms with Crippen LogP contribution in [0.1, 0.15) is 0 Å². The number of nitro groups is 1. The van der Waals surface area contributed by atoms with Crippen molar-refractivity contribution in [2.75, 3.05) is 0 Å². The van der Waals surface area contributed by atoms with Crippen LogP contribution in [0.5, 0.6) is 0 Å². The van der Waals surface area contributed by atoms with Gasteiger partial charge in [0.05, 0.1) is 0 Å². The molecule has 1 heterocycles. The molecule has 0 atom stereocenters. The van der Waals surface area contributed by atoms with Gasteiger partial charge in [-0.2, -0.15) is 0 Å². The Labute approximate surface area is 98.4 Å². The molecule has 0 radical (unpaired) electrons. The van der Waals surface area contributed by atoms with Crippen LogP contribution in [0.25, 0.3) is 0 Å². The summed E-state index contributed by atoms with van der Waals surface area (Å²) in [4.78, 5) is 14.3. The molecule has 0 N–H and O–H groups in total. The molecular weight excluding hydrogens is 273 g/mol. The van der Waals surface area contributed by atoms with E-state index in [4.69, 9.17) is 0 Å². The van der Waals surface area contributed by atoms with E-state index in [2.05, 4.69) is 4.98 Å². The first-order chi connectivity index (χ1) is 7.68. The Morgan fingerprint density at radius 2 is 2.06 bits per heavy atom. The fourth-order valence-electron chi connectivity index (χ4n) is 1.24. The maximum absolute atomic E-state index is 10.6. The van der Waals surface area contributed by atoms with Crippen LogP contribution in [-0.4, -0.2) is 29.4 Å². The molecule has 0 aliphatic carbocycles. The number of rotatable bonds is 3. The SMILES string of the molecule is Cn1c([N+](=O)[O-])cnc1[Se]c1ccccc1. The Kier molecular flexibility index (Phi) is 3.03. The fraction of sp³-hybridized carbons (Fsp3) is 0.100. The summed E-state index contributed by atoms with van der Waals surface area (Å²) < 4.78 is 3.44. The molecule has 0 saturated heterocycles. The average molecular weight is 282 g/mol. The molecule has 2 rings (SSSR count). The Balaban J connectivity index is 2.26. The van der Waals surface area contributed by atoms with E-state index in [1.54, 1.807) is 7.05 Å². The molecule has 1 aromatic carbocycles. The van der Waals surface area contributed by atoms with Gasteiger partial charge in [0.2, 0.25) is 0 Å². The van der Waals surface area contributed by atoms with Crippen LogP contribution in [0.15, 0.2) is 36.5 Å². The summed E-state index contributed by atoms with van der Waals surface area (Å²) in [6, 6.07) is 9.85. The van der Waals surface area contributed by atoms with Gasteiger partial charge in [0.1, 0.15) is 0 Å². The second kappa shape index (κ2) is 4.47. The molecule has 0 aliphatic heterocycles. The van der Waals surface area contributed by atoms with Crippen molar-refractivity contribution in [1.29, 1.82) is 0 Å². The summed E-state index contributed by atoms with van der Waals surface area (Å²) in [5.41, 5.74) is 0. The van der Waals surface area contributed by atoms with Crippen molar-refractivity contribution in [3.63, 3.8) is 0 Å². The normalized spacial score (nSPS) is 10.3. The molecule has 0 spiro atoms. The van der Waals surface area contributed by atoms with Crippen molar-refractivity contribution in [2.24, 2.45) is 7.05 Å². The van der Waals surface area contributed by atoms with Crippen molar-refractivity contribution >= 4 is 30.0 Å². The number of aromatic nitrogens is 2. The predicted molar refractivity (Wildman–Crippen MR) is 61.3 cm³/mol. The Morgan fingerprint density at radius 3 is 2.62 bits per heavy atom. The summed E-state index contributed by atoms with van der Waals surface area (Å²) in [7, 11) is 1.67. The first-order valence-electron chi connectivity index (χ1n) is 4.57. The van der Waals surface area contributed by atoms with Crippen molar-refractivity contribution in [1.82, 2.24) is 9.55 Å². The number of hydrogen-bond donors (Lipinski definition) is 0.